The third-order valence-corrected chi connectivity index (χ3v) is 4.41. The number of nitrogens with zero attached hydrogens (tertiary/aromatic N) is 2. The Bertz CT molecular complexity index is 879. The first-order valence-electron chi connectivity index (χ1n) is 7.61. The van der Waals surface area contributed by atoms with Gasteiger partial charge in [0.25, 0.3) is 0 Å². The maximum atomic E-state index is 13.4. The summed E-state index contributed by atoms with van der Waals surface area (Å²) in [5, 5.41) is 3.32. The highest BCUT2D eigenvalue weighted by Crippen LogP contribution is 2.26. The van der Waals surface area contributed by atoms with Gasteiger partial charge in [-0.1, -0.05) is 23.2 Å². The Morgan fingerprint density at radius 1 is 1.08 bits per heavy atom. The number of urea groups is 1. The first kappa shape index (κ1) is 18.4. The van der Waals surface area contributed by atoms with E-state index in [9.17, 15) is 18.4 Å². The topological polar surface area (TPSA) is 52.7 Å². The van der Waals surface area contributed by atoms with Gasteiger partial charge >= 0.3 is 6.03 Å². The summed E-state index contributed by atoms with van der Waals surface area (Å²) in [6.45, 7) is 0.325. The van der Waals surface area contributed by atoms with Crippen LogP contribution in [0.3, 0.4) is 0 Å². The molecule has 1 fully saturated rings. The molecular formula is C17H13Cl2F2N3O2. The molecule has 0 spiro atoms. The Hall–Kier alpha value is -2.38. The lowest BCUT2D eigenvalue weighted by atomic mass is 10.3. The first-order chi connectivity index (χ1) is 12.3. The van der Waals surface area contributed by atoms with Gasteiger partial charge in [-0.25, -0.2) is 13.6 Å². The summed E-state index contributed by atoms with van der Waals surface area (Å²) < 4.78 is 26.4. The van der Waals surface area contributed by atoms with Gasteiger partial charge in [0.15, 0.2) is 11.6 Å². The van der Waals surface area contributed by atoms with Gasteiger partial charge in [0.2, 0.25) is 5.91 Å². The number of benzene rings is 2. The van der Waals surface area contributed by atoms with Crippen LogP contribution < -0.4 is 10.2 Å². The standard InChI is InChI=1S/C17H13Cl2F2N3O2/c18-10-1-3-12(19)15(7-10)22-16(25)9-23-5-6-24(17(23)26)11-2-4-13(20)14(21)8-11/h1-4,7-8H,5-6,9H2,(H,22,25). The fourth-order valence-electron chi connectivity index (χ4n) is 2.58. The maximum Gasteiger partial charge on any atom is 0.325 e. The van der Waals surface area contributed by atoms with Gasteiger partial charge in [-0.15, -0.1) is 0 Å². The number of amides is 3. The largest absolute Gasteiger partial charge is 0.325 e. The zero-order valence-electron chi connectivity index (χ0n) is 13.3. The molecule has 3 rings (SSSR count). The van der Waals surface area contributed by atoms with Gasteiger partial charge in [-0.05, 0) is 30.3 Å². The smallest absolute Gasteiger partial charge is 0.323 e. The lowest BCUT2D eigenvalue weighted by molar-refractivity contribution is -0.116. The van der Waals surface area contributed by atoms with Crippen molar-refractivity contribution >= 4 is 46.5 Å². The highest BCUT2D eigenvalue weighted by molar-refractivity contribution is 6.35. The Labute approximate surface area is 158 Å². The van der Waals surface area contributed by atoms with E-state index < -0.39 is 23.6 Å². The molecule has 1 saturated heterocycles. The molecule has 0 bridgehead atoms. The van der Waals surface area contributed by atoms with Crippen LogP contribution in [0, 0.1) is 11.6 Å². The Morgan fingerprint density at radius 2 is 1.85 bits per heavy atom. The average molecular weight is 400 g/mol. The molecule has 1 aliphatic rings. The number of hydrogen-bond acceptors (Lipinski definition) is 2. The number of carbonyl (C=O) groups excluding carboxylic acids is 2. The Kier molecular flexibility index (Phi) is 5.29. The fraction of sp³-hybridized carbons (Fsp3) is 0.176. The van der Waals surface area contributed by atoms with E-state index in [0.29, 0.717) is 15.7 Å². The molecule has 0 saturated carbocycles. The van der Waals surface area contributed by atoms with Crippen molar-refractivity contribution in [1.82, 2.24) is 4.90 Å². The number of hydrogen-bond donors (Lipinski definition) is 1. The van der Waals surface area contributed by atoms with Gasteiger partial charge < -0.3 is 10.2 Å². The van der Waals surface area contributed by atoms with Crippen LogP contribution in [0.1, 0.15) is 0 Å². The minimum Gasteiger partial charge on any atom is -0.323 e. The van der Waals surface area contributed by atoms with E-state index in [0.717, 1.165) is 12.1 Å². The Morgan fingerprint density at radius 3 is 2.58 bits per heavy atom. The summed E-state index contributed by atoms with van der Waals surface area (Å²) in [6.07, 6.45) is 0. The van der Waals surface area contributed by atoms with Crippen LogP contribution in [0.2, 0.25) is 10.0 Å². The second kappa shape index (κ2) is 7.47. The van der Waals surface area contributed by atoms with Gasteiger partial charge in [-0.2, -0.15) is 0 Å². The minimum atomic E-state index is -1.04. The molecule has 1 heterocycles. The minimum absolute atomic E-state index is 0.206. The highest BCUT2D eigenvalue weighted by Gasteiger charge is 2.31. The molecule has 3 amide bonds. The monoisotopic (exact) mass is 399 g/mol. The fourth-order valence-corrected chi connectivity index (χ4v) is 2.92. The predicted molar refractivity (Wildman–Crippen MR) is 95.8 cm³/mol. The molecule has 136 valence electrons. The second-order valence-corrected chi connectivity index (χ2v) is 6.47. The van der Waals surface area contributed by atoms with Gasteiger partial charge in [0, 0.05) is 29.9 Å². The molecule has 0 radical (unpaired) electrons. The molecule has 2 aromatic carbocycles. The van der Waals surface area contributed by atoms with Crippen LogP contribution in [0.4, 0.5) is 25.0 Å². The molecule has 0 aromatic heterocycles. The van der Waals surface area contributed by atoms with Gasteiger partial charge in [-0.3, -0.25) is 9.69 Å². The second-order valence-electron chi connectivity index (χ2n) is 5.63. The number of anilines is 2. The van der Waals surface area contributed by atoms with Crippen molar-refractivity contribution in [2.24, 2.45) is 0 Å². The number of nitrogens with one attached hydrogen (secondary N) is 1. The van der Waals surface area contributed by atoms with Crippen molar-refractivity contribution in [3.63, 3.8) is 0 Å². The third kappa shape index (κ3) is 3.89. The predicted octanol–water partition coefficient (Wildman–Crippen LogP) is 4.15. The molecule has 9 heteroatoms. The summed E-state index contributed by atoms with van der Waals surface area (Å²) in [4.78, 5) is 27.2. The SMILES string of the molecule is O=C(CN1CCN(c2ccc(F)c(F)c2)C1=O)Nc1cc(Cl)ccc1Cl. The molecular weight excluding hydrogens is 387 g/mol. The molecule has 2 aromatic rings. The van der Waals surface area contributed by atoms with Crippen LogP contribution >= 0.6 is 23.2 Å². The van der Waals surface area contributed by atoms with E-state index in [4.69, 9.17) is 23.2 Å². The van der Waals surface area contributed by atoms with Crippen LogP contribution in [-0.2, 0) is 4.79 Å². The van der Waals surface area contributed by atoms with Crippen molar-refractivity contribution in [3.05, 3.63) is 58.1 Å². The summed E-state index contributed by atoms with van der Waals surface area (Å²) in [6, 6.07) is 7.38. The molecule has 1 aliphatic heterocycles. The number of rotatable bonds is 4. The van der Waals surface area contributed by atoms with E-state index >= 15 is 0 Å². The van der Waals surface area contributed by atoms with Crippen LogP contribution in [0.5, 0.6) is 0 Å². The number of halogens is 4. The molecule has 1 N–H and O–H groups in total. The molecule has 5 nitrogen and oxygen atoms in total. The van der Waals surface area contributed by atoms with Crippen molar-refractivity contribution in [1.29, 1.82) is 0 Å². The van der Waals surface area contributed by atoms with Gasteiger partial charge in [0.05, 0.1) is 10.7 Å². The van der Waals surface area contributed by atoms with E-state index in [1.165, 1.54) is 21.9 Å². The maximum absolute atomic E-state index is 13.4. The van der Waals surface area contributed by atoms with Gasteiger partial charge in [0.1, 0.15) is 6.54 Å². The summed E-state index contributed by atoms with van der Waals surface area (Å²) >= 11 is 11.9. The molecule has 26 heavy (non-hydrogen) atoms. The van der Waals surface area contributed by atoms with Crippen molar-refractivity contribution in [3.8, 4) is 0 Å². The number of carbonyl (C=O) groups is 2. The van der Waals surface area contributed by atoms with Crippen molar-refractivity contribution in [2.75, 3.05) is 29.9 Å². The zero-order chi connectivity index (χ0) is 18.8. The summed E-state index contributed by atoms with van der Waals surface area (Å²) in [5.41, 5.74) is 0.572. The molecule has 0 aliphatic carbocycles. The van der Waals surface area contributed by atoms with Crippen LogP contribution in [-0.4, -0.2) is 36.5 Å². The quantitative estimate of drug-likeness (QED) is 0.839. The van der Waals surface area contributed by atoms with Crippen molar-refractivity contribution < 1.29 is 18.4 Å². The van der Waals surface area contributed by atoms with Crippen LogP contribution in [0.25, 0.3) is 0 Å². The summed E-state index contributed by atoms with van der Waals surface area (Å²) in [5.74, 6) is -2.48. The molecule has 0 unspecified atom stereocenters. The van der Waals surface area contributed by atoms with Crippen LogP contribution in [0.15, 0.2) is 36.4 Å². The average Bonchev–Trinajstić information content (AvgIpc) is 2.94. The third-order valence-electron chi connectivity index (χ3n) is 3.85. The van der Waals surface area contributed by atoms with E-state index in [1.54, 1.807) is 12.1 Å². The highest BCUT2D eigenvalue weighted by atomic mass is 35.5. The molecule has 0 atom stereocenters. The summed E-state index contributed by atoms with van der Waals surface area (Å²) in [7, 11) is 0. The normalized spacial score (nSPS) is 14.1. The first-order valence-corrected chi connectivity index (χ1v) is 8.37. The lowest BCUT2D eigenvalue weighted by Crippen LogP contribution is -2.37. The zero-order valence-corrected chi connectivity index (χ0v) is 14.8. The van der Waals surface area contributed by atoms with E-state index in [-0.39, 0.29) is 25.3 Å². The lowest BCUT2D eigenvalue weighted by Gasteiger charge is -2.18. The van der Waals surface area contributed by atoms with Crippen molar-refractivity contribution in [2.45, 2.75) is 0 Å². The Balaban J connectivity index is 1.65. The van der Waals surface area contributed by atoms with E-state index in [2.05, 4.69) is 5.32 Å². The van der Waals surface area contributed by atoms with E-state index in [1.807, 2.05) is 0 Å².